The molecule has 34 heavy (non-hydrogen) atoms. The second kappa shape index (κ2) is 14.0. The first-order valence-corrected chi connectivity index (χ1v) is 11.9. The Kier molecular flexibility index (Phi) is 11.0. The van der Waals surface area contributed by atoms with Crippen molar-refractivity contribution in [3.8, 4) is 16.9 Å². The zero-order valence-corrected chi connectivity index (χ0v) is 20.6. The number of hydrogen-bond acceptors (Lipinski definition) is 5. The maximum atomic E-state index is 11.4. The van der Waals surface area contributed by atoms with Crippen LogP contribution in [0.2, 0.25) is 0 Å². The molecule has 1 fully saturated rings. The van der Waals surface area contributed by atoms with Crippen molar-refractivity contribution in [2.45, 2.75) is 39.5 Å². The van der Waals surface area contributed by atoms with Crippen LogP contribution in [0.1, 0.15) is 65.8 Å². The minimum Gasteiger partial charge on any atom is -0.507 e. The van der Waals surface area contributed by atoms with E-state index in [9.17, 15) is 14.7 Å². The van der Waals surface area contributed by atoms with Gasteiger partial charge in [-0.15, -0.1) is 0 Å². The molecule has 0 radical (unpaired) electrons. The number of aldehydes is 1. The molecule has 0 spiro atoms. The zero-order valence-electron chi connectivity index (χ0n) is 20.6. The van der Waals surface area contributed by atoms with Gasteiger partial charge < -0.3 is 15.7 Å². The van der Waals surface area contributed by atoms with E-state index in [1.165, 1.54) is 0 Å². The van der Waals surface area contributed by atoms with Crippen molar-refractivity contribution >= 4 is 17.8 Å². The lowest BCUT2D eigenvalue weighted by Crippen LogP contribution is -2.26. The highest BCUT2D eigenvalue weighted by molar-refractivity contribution is 6.00. The molecule has 1 aliphatic heterocycles. The molecular weight excluding hydrogens is 424 g/mol. The molecule has 1 saturated heterocycles. The van der Waals surface area contributed by atoms with E-state index in [0.717, 1.165) is 53.9 Å². The highest BCUT2D eigenvalue weighted by Gasteiger charge is 2.16. The molecule has 180 valence electrons. The largest absolute Gasteiger partial charge is 0.507 e. The van der Waals surface area contributed by atoms with E-state index in [2.05, 4.69) is 22.8 Å². The Labute approximate surface area is 203 Å². The van der Waals surface area contributed by atoms with E-state index in [1.54, 1.807) is 19.1 Å². The van der Waals surface area contributed by atoms with Gasteiger partial charge in [0.2, 0.25) is 0 Å². The fraction of sp³-hybridized carbons (Fsp3) is 0.310. The number of hydrogen-bond donors (Lipinski definition) is 3. The molecule has 5 nitrogen and oxygen atoms in total. The van der Waals surface area contributed by atoms with E-state index < -0.39 is 0 Å². The van der Waals surface area contributed by atoms with E-state index >= 15 is 0 Å². The van der Waals surface area contributed by atoms with E-state index in [-0.39, 0.29) is 11.5 Å². The van der Waals surface area contributed by atoms with E-state index in [1.807, 2.05) is 63.4 Å². The van der Waals surface area contributed by atoms with Crippen LogP contribution in [0, 0.1) is 0 Å². The summed E-state index contributed by atoms with van der Waals surface area (Å²) in [7, 11) is 1.83. The van der Waals surface area contributed by atoms with Gasteiger partial charge in [0.1, 0.15) is 5.75 Å². The quantitative estimate of drug-likeness (QED) is 0.308. The summed E-state index contributed by atoms with van der Waals surface area (Å²) in [4.78, 5) is 22.0. The Bertz CT molecular complexity index is 1060. The molecule has 0 aromatic heterocycles. The maximum Gasteiger partial charge on any atom is 0.161 e. The van der Waals surface area contributed by atoms with Crippen molar-refractivity contribution in [1.29, 1.82) is 0 Å². The van der Waals surface area contributed by atoms with Crippen LogP contribution in [0.15, 0.2) is 66.7 Å². The van der Waals surface area contributed by atoms with E-state index in [4.69, 9.17) is 0 Å². The monoisotopic (exact) mass is 460 g/mol. The summed E-state index contributed by atoms with van der Waals surface area (Å²) in [5.74, 6) is 0.688. The number of phenolic OH excluding ortho intramolecular Hbond substituents is 1. The average Bonchev–Trinajstić information content (AvgIpc) is 2.90. The summed E-state index contributed by atoms with van der Waals surface area (Å²) in [6, 6.07) is 21.3. The molecule has 0 unspecified atom stereocenters. The second-order valence-corrected chi connectivity index (χ2v) is 7.89. The van der Waals surface area contributed by atoms with Gasteiger partial charge in [0.15, 0.2) is 12.1 Å². The van der Waals surface area contributed by atoms with Crippen LogP contribution in [0.3, 0.4) is 0 Å². The summed E-state index contributed by atoms with van der Waals surface area (Å²) in [6.07, 6.45) is 2.88. The first kappa shape index (κ1) is 26.8. The molecule has 3 aromatic carbocycles. The summed E-state index contributed by atoms with van der Waals surface area (Å²) in [6.45, 7) is 7.64. The summed E-state index contributed by atoms with van der Waals surface area (Å²) in [5.41, 5.74) is 5.37. The van der Waals surface area contributed by atoms with Gasteiger partial charge in [-0.05, 0) is 79.7 Å². The minimum atomic E-state index is 0.0777. The van der Waals surface area contributed by atoms with Gasteiger partial charge in [-0.25, -0.2) is 0 Å². The number of carbonyl (C=O) groups excluding carboxylic acids is 2. The van der Waals surface area contributed by atoms with E-state index in [0.29, 0.717) is 17.8 Å². The van der Waals surface area contributed by atoms with Crippen LogP contribution in [-0.4, -0.2) is 37.3 Å². The lowest BCUT2D eigenvalue weighted by atomic mass is 9.89. The predicted molar refractivity (Wildman–Crippen MR) is 141 cm³/mol. The Morgan fingerprint density at radius 2 is 1.65 bits per heavy atom. The molecule has 1 aliphatic rings. The van der Waals surface area contributed by atoms with Crippen LogP contribution in [-0.2, 0) is 0 Å². The third-order valence-electron chi connectivity index (χ3n) is 5.77. The number of ketones is 1. The summed E-state index contributed by atoms with van der Waals surface area (Å²) in [5, 5.41) is 15.9. The van der Waals surface area contributed by atoms with Crippen molar-refractivity contribution in [3.05, 3.63) is 83.4 Å². The fourth-order valence-electron chi connectivity index (χ4n) is 3.94. The highest BCUT2D eigenvalue weighted by atomic mass is 16.3. The number of Topliss-reactive ketones (excluding diaryl/α,β-unsaturated/α-hetero) is 1. The number of rotatable bonds is 5. The van der Waals surface area contributed by atoms with Crippen molar-refractivity contribution in [1.82, 2.24) is 5.32 Å². The number of phenols is 1. The van der Waals surface area contributed by atoms with Gasteiger partial charge in [0, 0.05) is 18.3 Å². The molecule has 3 N–H and O–H groups in total. The Balaban J connectivity index is 0.000000225. The molecule has 3 aromatic rings. The Morgan fingerprint density at radius 3 is 2.21 bits per heavy atom. The summed E-state index contributed by atoms with van der Waals surface area (Å²) < 4.78 is 0. The van der Waals surface area contributed by atoms with Gasteiger partial charge in [-0.1, -0.05) is 56.3 Å². The third kappa shape index (κ3) is 7.29. The van der Waals surface area contributed by atoms with Crippen LogP contribution in [0.25, 0.3) is 11.1 Å². The second-order valence-electron chi connectivity index (χ2n) is 7.89. The highest BCUT2D eigenvalue weighted by Crippen LogP contribution is 2.29. The normalized spacial score (nSPS) is 12.9. The van der Waals surface area contributed by atoms with Crippen LogP contribution in [0.5, 0.6) is 5.75 Å². The van der Waals surface area contributed by atoms with Crippen LogP contribution >= 0.6 is 0 Å². The Morgan fingerprint density at radius 1 is 0.971 bits per heavy atom. The number of anilines is 1. The van der Waals surface area contributed by atoms with Gasteiger partial charge >= 0.3 is 0 Å². The van der Waals surface area contributed by atoms with Gasteiger partial charge in [0.05, 0.1) is 5.56 Å². The molecule has 5 heteroatoms. The number of benzene rings is 3. The van der Waals surface area contributed by atoms with Gasteiger partial charge in [0.25, 0.3) is 0 Å². The summed E-state index contributed by atoms with van der Waals surface area (Å²) >= 11 is 0. The molecule has 0 saturated carbocycles. The average molecular weight is 461 g/mol. The molecule has 4 rings (SSSR count). The van der Waals surface area contributed by atoms with Crippen molar-refractivity contribution in [2.24, 2.45) is 0 Å². The molecule has 0 bridgehead atoms. The molecular formula is C29H36N2O3. The van der Waals surface area contributed by atoms with Crippen molar-refractivity contribution in [3.63, 3.8) is 0 Å². The number of nitrogens with one attached hydrogen (secondary N) is 2. The molecule has 0 aliphatic carbocycles. The van der Waals surface area contributed by atoms with Crippen molar-refractivity contribution < 1.29 is 14.7 Å². The standard InChI is InChI=1S/C15H15NO.C12H15NO2.C2H6/c1-11(17)14-9-8-13(10-15(14)16-2)12-6-4-3-5-7-12;14-8-11-2-1-10(7-12(11)15)9-3-5-13-6-4-9;1-2/h3-10,16H,1-2H3;1-2,7-9,13,15H,3-6H2;1-2H3. The minimum absolute atomic E-state index is 0.0777. The number of carbonyl (C=O) groups is 2. The topological polar surface area (TPSA) is 78.4 Å². The molecule has 0 atom stereocenters. The van der Waals surface area contributed by atoms with Crippen LogP contribution < -0.4 is 10.6 Å². The number of piperidine rings is 1. The fourth-order valence-corrected chi connectivity index (χ4v) is 3.94. The SMILES string of the molecule is CC.CNc1cc(-c2ccccc2)ccc1C(C)=O.O=Cc1ccc(C2CCNCC2)cc1O. The smallest absolute Gasteiger partial charge is 0.161 e. The maximum absolute atomic E-state index is 11.4. The Hall–Kier alpha value is -3.44. The lowest BCUT2D eigenvalue weighted by Gasteiger charge is -2.23. The predicted octanol–water partition coefficient (Wildman–Crippen LogP) is 6.30. The first-order chi connectivity index (χ1) is 16.5. The number of aromatic hydroxyl groups is 1. The first-order valence-electron chi connectivity index (χ1n) is 11.9. The molecule has 0 amide bonds. The van der Waals surface area contributed by atoms with Crippen molar-refractivity contribution in [2.75, 3.05) is 25.5 Å². The lowest BCUT2D eigenvalue weighted by molar-refractivity contribution is 0.101. The van der Waals surface area contributed by atoms with Gasteiger partial charge in [-0.2, -0.15) is 0 Å². The van der Waals surface area contributed by atoms with Crippen LogP contribution in [0.4, 0.5) is 5.69 Å². The third-order valence-corrected chi connectivity index (χ3v) is 5.77. The zero-order chi connectivity index (χ0) is 24.9. The van der Waals surface area contributed by atoms with Gasteiger partial charge in [-0.3, -0.25) is 9.59 Å². The molecule has 1 heterocycles.